The molecule has 6 atom stereocenters. The molecule has 4 aliphatic rings. The second-order valence-corrected chi connectivity index (χ2v) is 9.18. The van der Waals surface area contributed by atoms with Gasteiger partial charge in [0.2, 0.25) is 0 Å². The minimum Gasteiger partial charge on any atom is -0.299 e. The Bertz CT molecular complexity index is 580. The molecule has 0 spiro atoms. The molecule has 3 saturated carbocycles. The molecule has 128 valence electrons. The van der Waals surface area contributed by atoms with E-state index in [1.54, 1.807) is 0 Å². The quantitative estimate of drug-likeness (QED) is 0.546. The highest BCUT2D eigenvalue weighted by molar-refractivity contribution is 5.87. The number of rotatable bonds is 0. The smallest absolute Gasteiger partial charge is 0.257 e. The molecule has 0 radical (unpaired) electrons. The van der Waals surface area contributed by atoms with E-state index in [4.69, 9.17) is 0 Å². The van der Waals surface area contributed by atoms with Gasteiger partial charge in [-0.15, -0.1) is 0 Å². The lowest BCUT2D eigenvalue weighted by molar-refractivity contribution is -0.181. The molecule has 0 aromatic rings. The molecule has 1 nitrogen and oxygen atoms in total. The first-order valence-corrected chi connectivity index (χ1v) is 9.31. The third-order valence-electron chi connectivity index (χ3n) is 8.12. The van der Waals surface area contributed by atoms with Gasteiger partial charge in [-0.05, 0) is 62.7 Å². The first-order chi connectivity index (χ1) is 10.7. The summed E-state index contributed by atoms with van der Waals surface area (Å²) in [5.74, 6) is -1.52. The number of carbonyl (C=O) groups excluding carboxylic acids is 1. The fraction of sp³-hybridized carbons (Fsp3) is 0.850. The lowest BCUT2D eigenvalue weighted by Gasteiger charge is -2.59. The van der Waals surface area contributed by atoms with E-state index in [0.29, 0.717) is 18.1 Å². The summed E-state index contributed by atoms with van der Waals surface area (Å²) in [5, 5.41) is 0. The molecule has 0 bridgehead atoms. The van der Waals surface area contributed by atoms with Crippen LogP contribution in [0.1, 0.15) is 65.7 Å². The van der Waals surface area contributed by atoms with Gasteiger partial charge in [0.25, 0.3) is 5.92 Å². The monoisotopic (exact) mass is 322 g/mol. The molecule has 0 N–H and O–H groups in total. The summed E-state index contributed by atoms with van der Waals surface area (Å²) in [5.41, 5.74) is -0.203. The van der Waals surface area contributed by atoms with Crippen molar-refractivity contribution in [2.75, 3.05) is 0 Å². The van der Waals surface area contributed by atoms with Crippen molar-refractivity contribution in [3.63, 3.8) is 0 Å². The SMILES string of the molecule is C[C@@H]1CC2=CC[C@@H]3[C@H](CC[C@]4(C)C(=O)CC[C@@H]34)[C@@]2(C)C(F)(F)C1. The highest BCUT2D eigenvalue weighted by Crippen LogP contribution is 2.67. The number of hydrogen-bond acceptors (Lipinski definition) is 1. The van der Waals surface area contributed by atoms with Crippen LogP contribution < -0.4 is 0 Å². The second-order valence-electron chi connectivity index (χ2n) is 9.18. The summed E-state index contributed by atoms with van der Waals surface area (Å²) < 4.78 is 30.3. The Morgan fingerprint density at radius 2 is 1.91 bits per heavy atom. The Hall–Kier alpha value is -0.730. The molecule has 4 aliphatic carbocycles. The number of carbonyl (C=O) groups is 1. The first kappa shape index (κ1) is 15.8. The minimum atomic E-state index is -2.61. The molecule has 0 heterocycles. The summed E-state index contributed by atoms with van der Waals surface area (Å²) >= 11 is 0. The summed E-state index contributed by atoms with van der Waals surface area (Å²) in [6, 6.07) is 0. The fourth-order valence-corrected chi connectivity index (χ4v) is 6.73. The summed E-state index contributed by atoms with van der Waals surface area (Å²) in [6.45, 7) is 5.89. The van der Waals surface area contributed by atoms with E-state index in [0.717, 1.165) is 37.7 Å². The Morgan fingerprint density at radius 3 is 2.65 bits per heavy atom. The Morgan fingerprint density at radius 1 is 1.17 bits per heavy atom. The molecule has 3 fully saturated rings. The summed E-state index contributed by atoms with van der Waals surface area (Å²) in [6.07, 6.45) is 7.07. The molecular formula is C20H28F2O. The van der Waals surface area contributed by atoms with Gasteiger partial charge in [0.15, 0.2) is 0 Å². The van der Waals surface area contributed by atoms with E-state index >= 15 is 8.78 Å². The minimum absolute atomic E-state index is 0.0188. The van der Waals surface area contributed by atoms with Gasteiger partial charge >= 0.3 is 0 Å². The molecule has 0 saturated heterocycles. The lowest BCUT2D eigenvalue weighted by atomic mass is 9.46. The Labute approximate surface area is 137 Å². The number of allylic oxidation sites excluding steroid dienone is 2. The van der Waals surface area contributed by atoms with E-state index in [-0.39, 0.29) is 29.6 Å². The average Bonchev–Trinajstić information content (AvgIpc) is 2.76. The van der Waals surface area contributed by atoms with Crippen LogP contribution in [0.5, 0.6) is 0 Å². The molecule has 0 aromatic heterocycles. The van der Waals surface area contributed by atoms with Crippen LogP contribution >= 0.6 is 0 Å². The predicted octanol–water partition coefficient (Wildman–Crippen LogP) is 5.40. The third kappa shape index (κ3) is 1.85. The number of fused-ring (bicyclic) bond motifs is 5. The highest BCUT2D eigenvalue weighted by atomic mass is 19.3. The predicted molar refractivity (Wildman–Crippen MR) is 86.2 cm³/mol. The number of halogens is 2. The van der Waals surface area contributed by atoms with Crippen molar-refractivity contribution < 1.29 is 13.6 Å². The van der Waals surface area contributed by atoms with Crippen LogP contribution in [0.2, 0.25) is 0 Å². The first-order valence-electron chi connectivity index (χ1n) is 9.31. The van der Waals surface area contributed by atoms with Gasteiger partial charge in [-0.3, -0.25) is 4.79 Å². The molecule has 3 heteroatoms. The van der Waals surface area contributed by atoms with Crippen LogP contribution in [0.4, 0.5) is 8.78 Å². The zero-order valence-electron chi connectivity index (χ0n) is 14.5. The highest BCUT2D eigenvalue weighted by Gasteiger charge is 2.65. The van der Waals surface area contributed by atoms with Gasteiger partial charge in [0.1, 0.15) is 5.78 Å². The van der Waals surface area contributed by atoms with E-state index in [1.807, 2.05) is 13.8 Å². The third-order valence-corrected chi connectivity index (χ3v) is 8.12. The van der Waals surface area contributed by atoms with Crippen molar-refractivity contribution in [1.82, 2.24) is 0 Å². The normalized spacial score (nSPS) is 51.5. The number of ketones is 1. The average molecular weight is 322 g/mol. The summed E-state index contributed by atoms with van der Waals surface area (Å²) in [4.78, 5) is 12.4. The molecule has 0 unspecified atom stereocenters. The molecule has 0 amide bonds. The molecular weight excluding hydrogens is 294 g/mol. The molecule has 23 heavy (non-hydrogen) atoms. The van der Waals surface area contributed by atoms with Gasteiger partial charge in [0, 0.05) is 18.3 Å². The second kappa shape index (κ2) is 4.67. The van der Waals surface area contributed by atoms with Crippen LogP contribution in [0.25, 0.3) is 0 Å². The topological polar surface area (TPSA) is 17.1 Å². The zero-order chi connectivity index (χ0) is 16.6. The zero-order valence-corrected chi connectivity index (χ0v) is 14.5. The van der Waals surface area contributed by atoms with Crippen molar-refractivity contribution in [2.45, 2.75) is 71.6 Å². The van der Waals surface area contributed by atoms with Gasteiger partial charge in [-0.2, -0.15) is 0 Å². The van der Waals surface area contributed by atoms with Crippen molar-refractivity contribution in [1.29, 1.82) is 0 Å². The van der Waals surface area contributed by atoms with Crippen LogP contribution in [-0.4, -0.2) is 11.7 Å². The van der Waals surface area contributed by atoms with Crippen LogP contribution in [0, 0.1) is 34.5 Å². The maximum atomic E-state index is 15.2. The van der Waals surface area contributed by atoms with Gasteiger partial charge in [-0.1, -0.05) is 25.5 Å². The van der Waals surface area contributed by atoms with Crippen molar-refractivity contribution in [2.24, 2.45) is 34.5 Å². The number of alkyl halides is 2. The van der Waals surface area contributed by atoms with Crippen molar-refractivity contribution in [3.8, 4) is 0 Å². The number of hydrogen-bond donors (Lipinski definition) is 0. The van der Waals surface area contributed by atoms with Crippen molar-refractivity contribution >= 4 is 5.78 Å². The summed E-state index contributed by atoms with van der Waals surface area (Å²) in [7, 11) is 0. The Balaban J connectivity index is 1.76. The largest absolute Gasteiger partial charge is 0.299 e. The Kier molecular flexibility index (Phi) is 3.20. The van der Waals surface area contributed by atoms with Crippen LogP contribution in [-0.2, 0) is 4.79 Å². The lowest BCUT2D eigenvalue weighted by Crippen LogP contribution is -2.57. The van der Waals surface area contributed by atoms with E-state index in [9.17, 15) is 4.79 Å². The van der Waals surface area contributed by atoms with E-state index < -0.39 is 11.3 Å². The van der Waals surface area contributed by atoms with Crippen molar-refractivity contribution in [3.05, 3.63) is 11.6 Å². The maximum Gasteiger partial charge on any atom is 0.257 e. The van der Waals surface area contributed by atoms with Crippen LogP contribution in [0.3, 0.4) is 0 Å². The number of Topliss-reactive ketones (excluding diaryl/α,β-unsaturated/α-hetero) is 1. The molecule has 0 aliphatic heterocycles. The van der Waals surface area contributed by atoms with Crippen LogP contribution in [0.15, 0.2) is 11.6 Å². The standard InChI is InChI=1S/C20H28F2O/c1-12-10-13-4-5-14-15-6-7-17(23)18(15,2)9-8-16(14)19(13,3)20(21,22)11-12/h4,12,14-16H,5-11H2,1-3H3/t12-,14+,15+,16+,18+,19+/m1/s1. The van der Waals surface area contributed by atoms with Gasteiger partial charge < -0.3 is 0 Å². The van der Waals surface area contributed by atoms with E-state index in [1.165, 1.54) is 0 Å². The maximum absolute atomic E-state index is 15.2. The fourth-order valence-electron chi connectivity index (χ4n) is 6.73. The molecule has 4 rings (SSSR count). The van der Waals surface area contributed by atoms with Gasteiger partial charge in [-0.25, -0.2) is 8.78 Å². The van der Waals surface area contributed by atoms with E-state index in [2.05, 4.69) is 13.0 Å². The molecule has 0 aromatic carbocycles. The van der Waals surface area contributed by atoms with Gasteiger partial charge in [0.05, 0.1) is 5.41 Å².